The number of rotatable bonds is 5. The van der Waals surface area contributed by atoms with Crippen LogP contribution in [-0.2, 0) is 9.53 Å². The smallest absolute Gasteiger partial charge is 0.253 e. The molecule has 5 heteroatoms. The van der Waals surface area contributed by atoms with Gasteiger partial charge >= 0.3 is 0 Å². The van der Waals surface area contributed by atoms with Crippen LogP contribution in [0.15, 0.2) is 18.2 Å². The average Bonchev–Trinajstić information content (AvgIpc) is 2.33. The third-order valence-electron chi connectivity index (χ3n) is 2.47. The number of anilines is 2. The lowest BCUT2D eigenvalue weighted by Crippen LogP contribution is -2.29. The van der Waals surface area contributed by atoms with E-state index in [-0.39, 0.29) is 5.91 Å². The van der Waals surface area contributed by atoms with Gasteiger partial charge in [-0.1, -0.05) is 6.92 Å². The molecule has 1 rings (SSSR count). The number of hydrogen-bond donors (Lipinski definition) is 2. The van der Waals surface area contributed by atoms with Crippen LogP contribution in [0.5, 0.6) is 5.75 Å². The lowest BCUT2D eigenvalue weighted by Gasteiger charge is -2.15. The van der Waals surface area contributed by atoms with Crippen LogP contribution in [-0.4, -0.2) is 26.2 Å². The van der Waals surface area contributed by atoms with Gasteiger partial charge in [0.15, 0.2) is 0 Å². The number of nitrogens with two attached hydrogens (primary N) is 1. The number of ether oxygens (including phenoxy) is 2. The number of nitrogens with one attached hydrogen (secondary N) is 1. The normalized spacial score (nSPS) is 11.9. The summed E-state index contributed by atoms with van der Waals surface area (Å²) in [5.41, 5.74) is 6.79. The fourth-order valence-corrected chi connectivity index (χ4v) is 1.44. The molecule has 0 radical (unpaired) electrons. The Morgan fingerprint density at radius 2 is 2.18 bits per heavy atom. The van der Waals surface area contributed by atoms with Crippen molar-refractivity contribution in [1.29, 1.82) is 0 Å². The summed E-state index contributed by atoms with van der Waals surface area (Å²) in [4.78, 5) is 11.8. The lowest BCUT2D eigenvalue weighted by atomic mass is 10.2. The highest BCUT2D eigenvalue weighted by Crippen LogP contribution is 2.24. The SMILES string of the molecule is CCC(OC)C(=O)Nc1cc(OC)ccc1N. The minimum Gasteiger partial charge on any atom is -0.497 e. The van der Waals surface area contributed by atoms with Gasteiger partial charge in [-0.25, -0.2) is 0 Å². The van der Waals surface area contributed by atoms with Crippen LogP contribution in [0.3, 0.4) is 0 Å². The Bertz CT molecular complexity index is 389. The first-order chi connectivity index (χ1) is 8.12. The van der Waals surface area contributed by atoms with E-state index < -0.39 is 6.10 Å². The monoisotopic (exact) mass is 238 g/mol. The van der Waals surface area contributed by atoms with Crippen molar-refractivity contribution in [2.24, 2.45) is 0 Å². The zero-order valence-electron chi connectivity index (χ0n) is 10.3. The summed E-state index contributed by atoms with van der Waals surface area (Å²) in [6.07, 6.45) is 0.132. The van der Waals surface area contributed by atoms with E-state index in [0.29, 0.717) is 23.5 Å². The third kappa shape index (κ3) is 3.35. The largest absolute Gasteiger partial charge is 0.497 e. The van der Waals surface area contributed by atoms with Crippen molar-refractivity contribution in [2.75, 3.05) is 25.3 Å². The predicted molar refractivity (Wildman–Crippen MR) is 67.1 cm³/mol. The van der Waals surface area contributed by atoms with Gasteiger partial charge in [-0.15, -0.1) is 0 Å². The fraction of sp³-hybridized carbons (Fsp3) is 0.417. The predicted octanol–water partition coefficient (Wildman–Crippen LogP) is 1.64. The average molecular weight is 238 g/mol. The molecule has 1 aromatic carbocycles. The van der Waals surface area contributed by atoms with Gasteiger partial charge in [0.1, 0.15) is 11.9 Å². The van der Waals surface area contributed by atoms with Crippen molar-refractivity contribution < 1.29 is 14.3 Å². The summed E-state index contributed by atoms with van der Waals surface area (Å²) in [5, 5.41) is 2.72. The van der Waals surface area contributed by atoms with E-state index in [0.717, 1.165) is 0 Å². The van der Waals surface area contributed by atoms with Crippen LogP contribution in [0.4, 0.5) is 11.4 Å². The summed E-state index contributed by atoms with van der Waals surface area (Å²) >= 11 is 0. The summed E-state index contributed by atoms with van der Waals surface area (Å²) in [6, 6.07) is 5.09. The molecular formula is C12H18N2O3. The molecule has 0 saturated carbocycles. The van der Waals surface area contributed by atoms with Crippen LogP contribution in [0, 0.1) is 0 Å². The molecule has 1 atom stereocenters. The minimum absolute atomic E-state index is 0.213. The molecule has 0 heterocycles. The molecule has 1 amide bonds. The molecule has 0 bridgehead atoms. The third-order valence-corrected chi connectivity index (χ3v) is 2.47. The molecule has 0 aliphatic rings. The van der Waals surface area contributed by atoms with E-state index in [2.05, 4.69) is 5.32 Å². The van der Waals surface area contributed by atoms with Crippen molar-refractivity contribution >= 4 is 17.3 Å². The molecule has 3 N–H and O–H groups in total. The molecular weight excluding hydrogens is 220 g/mol. The van der Waals surface area contributed by atoms with Gasteiger partial charge in [-0.2, -0.15) is 0 Å². The highest BCUT2D eigenvalue weighted by Gasteiger charge is 2.16. The van der Waals surface area contributed by atoms with Gasteiger partial charge in [0.25, 0.3) is 5.91 Å². The van der Waals surface area contributed by atoms with Crippen molar-refractivity contribution in [3.63, 3.8) is 0 Å². The number of carbonyl (C=O) groups excluding carboxylic acids is 1. The zero-order valence-corrected chi connectivity index (χ0v) is 10.3. The second-order valence-corrected chi connectivity index (χ2v) is 3.58. The summed E-state index contributed by atoms with van der Waals surface area (Å²) in [5.74, 6) is 0.426. The Morgan fingerprint density at radius 3 is 2.71 bits per heavy atom. The Kier molecular flexibility index (Phi) is 4.78. The molecule has 0 aliphatic heterocycles. The molecule has 0 aliphatic carbocycles. The maximum absolute atomic E-state index is 11.8. The van der Waals surface area contributed by atoms with E-state index in [4.69, 9.17) is 15.2 Å². The van der Waals surface area contributed by atoms with Gasteiger partial charge in [0.2, 0.25) is 0 Å². The van der Waals surface area contributed by atoms with Crippen LogP contribution in [0.25, 0.3) is 0 Å². The topological polar surface area (TPSA) is 73.6 Å². The first-order valence-corrected chi connectivity index (χ1v) is 5.39. The first-order valence-electron chi connectivity index (χ1n) is 5.39. The molecule has 1 aromatic rings. The van der Waals surface area contributed by atoms with Gasteiger partial charge < -0.3 is 20.5 Å². The van der Waals surface area contributed by atoms with Crippen LogP contribution < -0.4 is 15.8 Å². The van der Waals surface area contributed by atoms with E-state index in [1.54, 1.807) is 25.3 Å². The van der Waals surface area contributed by atoms with Gasteiger partial charge in [0.05, 0.1) is 18.5 Å². The Labute approximate surface area is 101 Å². The highest BCUT2D eigenvalue weighted by molar-refractivity contribution is 5.96. The molecule has 0 spiro atoms. The standard InChI is InChI=1S/C12H18N2O3/c1-4-11(17-3)12(15)14-10-7-8(16-2)5-6-9(10)13/h5-7,11H,4,13H2,1-3H3,(H,14,15). The number of benzene rings is 1. The Balaban J connectivity index is 2.83. The van der Waals surface area contributed by atoms with Crippen LogP contribution in [0.1, 0.15) is 13.3 Å². The van der Waals surface area contributed by atoms with E-state index in [1.807, 2.05) is 6.92 Å². The number of nitrogen functional groups attached to an aromatic ring is 1. The van der Waals surface area contributed by atoms with Crippen molar-refractivity contribution in [3.05, 3.63) is 18.2 Å². The summed E-state index contributed by atoms with van der Waals surface area (Å²) in [6.45, 7) is 1.88. The molecule has 1 unspecified atom stereocenters. The second-order valence-electron chi connectivity index (χ2n) is 3.58. The molecule has 0 saturated heterocycles. The van der Waals surface area contributed by atoms with Crippen molar-refractivity contribution in [2.45, 2.75) is 19.4 Å². The molecule has 5 nitrogen and oxygen atoms in total. The van der Waals surface area contributed by atoms with E-state index in [1.165, 1.54) is 7.11 Å². The quantitative estimate of drug-likeness (QED) is 0.765. The summed E-state index contributed by atoms with van der Waals surface area (Å²) < 4.78 is 10.1. The zero-order chi connectivity index (χ0) is 12.8. The van der Waals surface area contributed by atoms with Gasteiger partial charge in [-0.05, 0) is 18.6 Å². The van der Waals surface area contributed by atoms with Crippen LogP contribution in [0.2, 0.25) is 0 Å². The Morgan fingerprint density at radius 1 is 1.47 bits per heavy atom. The van der Waals surface area contributed by atoms with Crippen LogP contribution >= 0.6 is 0 Å². The van der Waals surface area contributed by atoms with E-state index in [9.17, 15) is 4.79 Å². The number of hydrogen-bond acceptors (Lipinski definition) is 4. The highest BCUT2D eigenvalue weighted by atomic mass is 16.5. The maximum Gasteiger partial charge on any atom is 0.253 e. The number of carbonyl (C=O) groups is 1. The molecule has 17 heavy (non-hydrogen) atoms. The number of methoxy groups -OCH3 is 2. The van der Waals surface area contributed by atoms with E-state index >= 15 is 0 Å². The number of amides is 1. The van der Waals surface area contributed by atoms with Gasteiger partial charge in [-0.3, -0.25) is 4.79 Å². The Hall–Kier alpha value is -1.75. The lowest BCUT2D eigenvalue weighted by molar-refractivity contribution is -0.125. The fourth-order valence-electron chi connectivity index (χ4n) is 1.44. The second kappa shape index (κ2) is 6.10. The van der Waals surface area contributed by atoms with Crippen molar-refractivity contribution in [3.8, 4) is 5.75 Å². The minimum atomic E-state index is -0.472. The molecule has 0 aromatic heterocycles. The summed E-state index contributed by atoms with van der Waals surface area (Å²) in [7, 11) is 3.06. The van der Waals surface area contributed by atoms with Crippen molar-refractivity contribution in [1.82, 2.24) is 0 Å². The van der Waals surface area contributed by atoms with Gasteiger partial charge in [0, 0.05) is 13.2 Å². The molecule has 94 valence electrons. The molecule has 0 fully saturated rings. The first kappa shape index (κ1) is 13.3. The maximum atomic E-state index is 11.8.